The maximum atomic E-state index is 5.77. The molecule has 0 bridgehead atoms. The number of nitrogens with zero attached hydrogens (tertiary/aromatic N) is 1. The molecule has 96 valence electrons. The van der Waals surface area contributed by atoms with E-state index in [4.69, 9.17) is 5.73 Å². The predicted molar refractivity (Wildman–Crippen MR) is 79.8 cm³/mol. The quantitative estimate of drug-likeness (QED) is 0.807. The van der Waals surface area contributed by atoms with E-state index in [1.54, 1.807) is 0 Å². The summed E-state index contributed by atoms with van der Waals surface area (Å²) in [7, 11) is 2.18. The van der Waals surface area contributed by atoms with E-state index in [1.807, 2.05) is 23.5 Å². The third kappa shape index (κ3) is 4.17. The van der Waals surface area contributed by atoms with Gasteiger partial charge in [-0.15, -0.1) is 11.3 Å². The standard InChI is InChI=1S/C15H20N2S/c1-17(12-15-8-4-10-18-15)9-3-6-13-5-2-7-14(16)11-13/h2,4-5,7-8,10-11H,3,6,9,12,16H2,1H3. The molecule has 0 unspecified atom stereocenters. The topological polar surface area (TPSA) is 29.3 Å². The Morgan fingerprint density at radius 2 is 2.11 bits per heavy atom. The summed E-state index contributed by atoms with van der Waals surface area (Å²) in [4.78, 5) is 3.81. The summed E-state index contributed by atoms with van der Waals surface area (Å²) in [6.45, 7) is 2.17. The van der Waals surface area contributed by atoms with E-state index in [0.29, 0.717) is 0 Å². The largest absolute Gasteiger partial charge is 0.399 e. The molecule has 0 amide bonds. The number of nitrogen functional groups attached to an aromatic ring is 1. The van der Waals surface area contributed by atoms with Crippen molar-refractivity contribution < 1.29 is 0 Å². The Balaban J connectivity index is 1.72. The number of hydrogen-bond acceptors (Lipinski definition) is 3. The van der Waals surface area contributed by atoms with E-state index in [1.165, 1.54) is 16.9 Å². The van der Waals surface area contributed by atoms with Gasteiger partial charge in [-0.1, -0.05) is 18.2 Å². The molecule has 0 spiro atoms. The van der Waals surface area contributed by atoms with E-state index in [-0.39, 0.29) is 0 Å². The highest BCUT2D eigenvalue weighted by molar-refractivity contribution is 7.09. The highest BCUT2D eigenvalue weighted by Crippen LogP contribution is 2.12. The second kappa shape index (κ2) is 6.57. The first-order valence-electron chi connectivity index (χ1n) is 6.29. The lowest BCUT2D eigenvalue weighted by Gasteiger charge is -2.15. The molecule has 1 aromatic carbocycles. The maximum Gasteiger partial charge on any atom is 0.0324 e. The number of anilines is 1. The Hall–Kier alpha value is -1.32. The summed E-state index contributed by atoms with van der Waals surface area (Å²) < 4.78 is 0. The molecule has 3 heteroatoms. The zero-order valence-corrected chi connectivity index (χ0v) is 11.6. The van der Waals surface area contributed by atoms with Crippen LogP contribution in [0, 0.1) is 0 Å². The molecule has 0 saturated carbocycles. The third-order valence-electron chi connectivity index (χ3n) is 2.96. The van der Waals surface area contributed by atoms with Gasteiger partial charge in [-0.3, -0.25) is 0 Å². The molecule has 0 saturated heterocycles. The van der Waals surface area contributed by atoms with Crippen molar-refractivity contribution in [3.8, 4) is 0 Å². The minimum Gasteiger partial charge on any atom is -0.399 e. The average molecular weight is 260 g/mol. The fraction of sp³-hybridized carbons (Fsp3) is 0.333. The third-order valence-corrected chi connectivity index (χ3v) is 3.82. The number of aryl methyl sites for hydroxylation is 1. The number of thiophene rings is 1. The van der Waals surface area contributed by atoms with Crippen LogP contribution in [-0.2, 0) is 13.0 Å². The van der Waals surface area contributed by atoms with Gasteiger partial charge in [-0.05, 0) is 55.6 Å². The summed E-state index contributed by atoms with van der Waals surface area (Å²) in [5.74, 6) is 0. The van der Waals surface area contributed by atoms with Crippen molar-refractivity contribution in [2.24, 2.45) is 0 Å². The SMILES string of the molecule is CN(CCCc1cccc(N)c1)Cc1cccs1. The molecule has 0 aliphatic rings. The highest BCUT2D eigenvalue weighted by atomic mass is 32.1. The highest BCUT2D eigenvalue weighted by Gasteiger charge is 2.01. The smallest absolute Gasteiger partial charge is 0.0324 e. The summed E-state index contributed by atoms with van der Waals surface area (Å²) in [6.07, 6.45) is 2.27. The Kier molecular flexibility index (Phi) is 4.79. The fourth-order valence-electron chi connectivity index (χ4n) is 2.05. The first kappa shape index (κ1) is 13.1. The predicted octanol–water partition coefficient (Wildman–Crippen LogP) is 3.39. The number of rotatable bonds is 6. The molecule has 2 rings (SSSR count). The van der Waals surface area contributed by atoms with Gasteiger partial charge in [0.1, 0.15) is 0 Å². The van der Waals surface area contributed by atoms with Crippen molar-refractivity contribution in [1.29, 1.82) is 0 Å². The van der Waals surface area contributed by atoms with Crippen LogP contribution >= 0.6 is 11.3 Å². The molecule has 1 heterocycles. The number of hydrogen-bond donors (Lipinski definition) is 1. The molecular formula is C15H20N2S. The summed E-state index contributed by atoms with van der Waals surface area (Å²) in [5.41, 5.74) is 7.96. The van der Waals surface area contributed by atoms with Crippen molar-refractivity contribution in [3.63, 3.8) is 0 Å². The summed E-state index contributed by atoms with van der Waals surface area (Å²) in [5, 5.41) is 2.13. The van der Waals surface area contributed by atoms with Gasteiger partial charge in [0.05, 0.1) is 0 Å². The molecule has 2 nitrogen and oxygen atoms in total. The Morgan fingerprint density at radius 3 is 2.83 bits per heavy atom. The van der Waals surface area contributed by atoms with Crippen LogP contribution in [0.2, 0.25) is 0 Å². The van der Waals surface area contributed by atoms with Gasteiger partial charge < -0.3 is 10.6 Å². The van der Waals surface area contributed by atoms with Crippen LogP contribution in [0.5, 0.6) is 0 Å². The van der Waals surface area contributed by atoms with E-state index < -0.39 is 0 Å². The Labute approximate surface area is 113 Å². The zero-order chi connectivity index (χ0) is 12.8. The minimum atomic E-state index is 0.861. The second-order valence-electron chi connectivity index (χ2n) is 4.67. The van der Waals surface area contributed by atoms with E-state index in [9.17, 15) is 0 Å². The van der Waals surface area contributed by atoms with Crippen LogP contribution in [0.25, 0.3) is 0 Å². The average Bonchev–Trinajstić information content (AvgIpc) is 2.82. The van der Waals surface area contributed by atoms with Crippen molar-refractivity contribution in [2.45, 2.75) is 19.4 Å². The van der Waals surface area contributed by atoms with Gasteiger partial charge in [0, 0.05) is 17.1 Å². The van der Waals surface area contributed by atoms with Gasteiger partial charge in [-0.25, -0.2) is 0 Å². The van der Waals surface area contributed by atoms with Crippen molar-refractivity contribution in [1.82, 2.24) is 4.90 Å². The molecule has 0 radical (unpaired) electrons. The molecule has 0 atom stereocenters. The lowest BCUT2D eigenvalue weighted by atomic mass is 10.1. The molecule has 18 heavy (non-hydrogen) atoms. The minimum absolute atomic E-state index is 0.861. The van der Waals surface area contributed by atoms with Gasteiger partial charge in [0.15, 0.2) is 0 Å². The Bertz CT molecular complexity index is 465. The van der Waals surface area contributed by atoms with E-state index >= 15 is 0 Å². The van der Waals surface area contributed by atoms with Gasteiger partial charge >= 0.3 is 0 Å². The molecule has 0 fully saturated rings. The first-order chi connectivity index (χ1) is 8.74. The molecule has 2 aromatic rings. The zero-order valence-electron chi connectivity index (χ0n) is 10.8. The van der Waals surface area contributed by atoms with Crippen LogP contribution in [-0.4, -0.2) is 18.5 Å². The van der Waals surface area contributed by atoms with Crippen LogP contribution in [0.3, 0.4) is 0 Å². The lowest BCUT2D eigenvalue weighted by molar-refractivity contribution is 0.325. The lowest BCUT2D eigenvalue weighted by Crippen LogP contribution is -2.18. The molecule has 0 aliphatic carbocycles. The normalized spacial score (nSPS) is 11.0. The number of nitrogens with two attached hydrogens (primary N) is 1. The van der Waals surface area contributed by atoms with Crippen LogP contribution in [0.4, 0.5) is 5.69 Å². The van der Waals surface area contributed by atoms with Crippen molar-refractivity contribution in [2.75, 3.05) is 19.3 Å². The summed E-state index contributed by atoms with van der Waals surface area (Å²) in [6, 6.07) is 12.5. The van der Waals surface area contributed by atoms with Gasteiger partial charge in [0.25, 0.3) is 0 Å². The Morgan fingerprint density at radius 1 is 1.22 bits per heavy atom. The molecular weight excluding hydrogens is 240 g/mol. The molecule has 1 aromatic heterocycles. The van der Waals surface area contributed by atoms with E-state index in [0.717, 1.165) is 25.2 Å². The van der Waals surface area contributed by atoms with Crippen LogP contribution in [0.1, 0.15) is 16.9 Å². The molecule has 0 aliphatic heterocycles. The maximum absolute atomic E-state index is 5.77. The number of benzene rings is 1. The van der Waals surface area contributed by atoms with Crippen LogP contribution in [0.15, 0.2) is 41.8 Å². The molecule has 2 N–H and O–H groups in total. The monoisotopic (exact) mass is 260 g/mol. The van der Waals surface area contributed by atoms with Crippen molar-refractivity contribution >= 4 is 17.0 Å². The van der Waals surface area contributed by atoms with Crippen molar-refractivity contribution in [3.05, 3.63) is 52.2 Å². The fourth-order valence-corrected chi connectivity index (χ4v) is 2.83. The first-order valence-corrected chi connectivity index (χ1v) is 7.17. The van der Waals surface area contributed by atoms with Gasteiger partial charge in [-0.2, -0.15) is 0 Å². The summed E-state index contributed by atoms with van der Waals surface area (Å²) >= 11 is 1.82. The van der Waals surface area contributed by atoms with Crippen LogP contribution < -0.4 is 5.73 Å². The van der Waals surface area contributed by atoms with Gasteiger partial charge in [0.2, 0.25) is 0 Å². The van der Waals surface area contributed by atoms with E-state index in [2.05, 4.69) is 41.6 Å². The second-order valence-corrected chi connectivity index (χ2v) is 5.70.